The summed E-state index contributed by atoms with van der Waals surface area (Å²) in [6.45, 7) is 2.09. The summed E-state index contributed by atoms with van der Waals surface area (Å²) in [5.41, 5.74) is 8.06. The monoisotopic (exact) mass is 461 g/mol. The van der Waals surface area contributed by atoms with E-state index >= 15 is 0 Å². The molecule has 2 aromatic heterocycles. The summed E-state index contributed by atoms with van der Waals surface area (Å²) in [5.74, 6) is 0.986. The maximum Gasteiger partial charge on any atom is 0.111 e. The molecule has 0 amide bonds. The van der Waals surface area contributed by atoms with Gasteiger partial charge < -0.3 is 0 Å². The van der Waals surface area contributed by atoms with Crippen LogP contribution in [0.25, 0.3) is 60.5 Å². The first-order valence-corrected chi connectivity index (χ1v) is 12.2. The highest BCUT2D eigenvalue weighted by molar-refractivity contribution is 6.18. The van der Waals surface area contributed by atoms with Crippen LogP contribution in [-0.4, -0.2) is 14.5 Å². The first-order valence-electron chi connectivity index (χ1n) is 12.2. The smallest absolute Gasteiger partial charge is 0.111 e. The zero-order valence-corrected chi connectivity index (χ0v) is 19.9. The van der Waals surface area contributed by atoms with Crippen LogP contribution in [0, 0.1) is 6.92 Å². The van der Waals surface area contributed by atoms with E-state index in [1.54, 1.807) is 0 Å². The number of rotatable bonds is 3. The lowest BCUT2D eigenvalue weighted by Crippen LogP contribution is -2.01. The molecular formula is C33H23N3. The third kappa shape index (κ3) is 3.14. The highest BCUT2D eigenvalue weighted by Gasteiger charge is 2.19. The van der Waals surface area contributed by atoms with Crippen molar-refractivity contribution in [3.8, 4) is 27.9 Å². The molecule has 0 saturated heterocycles. The second-order valence-corrected chi connectivity index (χ2v) is 9.12. The number of benzene rings is 5. The lowest BCUT2D eigenvalue weighted by Gasteiger charge is -2.19. The van der Waals surface area contributed by atoms with Crippen molar-refractivity contribution in [2.45, 2.75) is 6.92 Å². The third-order valence-electron chi connectivity index (χ3n) is 7.02. The first kappa shape index (κ1) is 20.6. The van der Waals surface area contributed by atoms with E-state index in [0.717, 1.165) is 28.0 Å². The molecule has 0 radical (unpaired) electrons. The Kier molecular flexibility index (Phi) is 4.68. The molecule has 0 spiro atoms. The van der Waals surface area contributed by atoms with E-state index in [4.69, 9.17) is 4.98 Å². The number of pyridine rings is 1. The maximum absolute atomic E-state index is 4.88. The maximum atomic E-state index is 4.88. The number of aromatic nitrogens is 3. The van der Waals surface area contributed by atoms with Crippen LogP contribution < -0.4 is 0 Å². The van der Waals surface area contributed by atoms with E-state index in [1.165, 1.54) is 38.4 Å². The molecule has 36 heavy (non-hydrogen) atoms. The zero-order chi connectivity index (χ0) is 24.1. The van der Waals surface area contributed by atoms with Crippen molar-refractivity contribution in [2.24, 2.45) is 0 Å². The van der Waals surface area contributed by atoms with Gasteiger partial charge >= 0.3 is 0 Å². The average molecular weight is 462 g/mol. The molecule has 3 nitrogen and oxygen atoms in total. The molecular weight excluding hydrogens is 438 g/mol. The van der Waals surface area contributed by atoms with Crippen molar-refractivity contribution in [1.82, 2.24) is 14.5 Å². The van der Waals surface area contributed by atoms with Crippen LogP contribution in [0.5, 0.6) is 0 Å². The van der Waals surface area contributed by atoms with Gasteiger partial charge in [0.1, 0.15) is 5.82 Å². The van der Waals surface area contributed by atoms with E-state index in [-0.39, 0.29) is 0 Å². The molecule has 0 unspecified atom stereocenters. The fourth-order valence-corrected chi connectivity index (χ4v) is 5.45. The summed E-state index contributed by atoms with van der Waals surface area (Å²) in [7, 11) is 0. The Morgan fingerprint density at radius 3 is 1.83 bits per heavy atom. The summed E-state index contributed by atoms with van der Waals surface area (Å²) in [5, 5.41) is 4.90. The van der Waals surface area contributed by atoms with Crippen molar-refractivity contribution < 1.29 is 0 Å². The summed E-state index contributed by atoms with van der Waals surface area (Å²) >= 11 is 0. The van der Waals surface area contributed by atoms with Crippen LogP contribution in [0.4, 0.5) is 0 Å². The first-order chi connectivity index (χ1) is 17.8. The quantitative estimate of drug-likeness (QED) is 0.247. The van der Waals surface area contributed by atoms with Crippen LogP contribution >= 0.6 is 0 Å². The predicted octanol–water partition coefficient (Wildman–Crippen LogP) is 8.37. The Morgan fingerprint density at radius 2 is 1.17 bits per heavy atom. The van der Waals surface area contributed by atoms with Gasteiger partial charge in [0.05, 0.1) is 16.7 Å². The van der Waals surface area contributed by atoms with Crippen molar-refractivity contribution in [3.63, 3.8) is 0 Å². The van der Waals surface area contributed by atoms with Gasteiger partial charge in [0.25, 0.3) is 0 Å². The van der Waals surface area contributed by atoms with E-state index in [9.17, 15) is 0 Å². The molecule has 0 N–H and O–H groups in total. The number of hydrogen-bond acceptors (Lipinski definition) is 2. The van der Waals surface area contributed by atoms with Gasteiger partial charge in [-0.05, 0) is 58.1 Å². The van der Waals surface area contributed by atoms with Gasteiger partial charge in [-0.15, -0.1) is 0 Å². The SMILES string of the molecule is Cc1nc2ccccc2n1-c1c2ccccc2c(-c2ccc(-c3cccnc3)cc2)c2ccccc12. The van der Waals surface area contributed by atoms with Crippen molar-refractivity contribution in [1.29, 1.82) is 0 Å². The normalized spacial score (nSPS) is 11.5. The Hall–Kier alpha value is -4.76. The molecule has 170 valence electrons. The standard InChI is InChI=1S/C33H23N3/c1-22-35-30-14-6-7-15-31(30)36(22)33-28-12-4-2-10-26(28)32(27-11-3-5-13-29(27)33)24-18-16-23(17-19-24)25-9-8-20-34-21-25/h2-21H,1H3. The van der Waals surface area contributed by atoms with Gasteiger partial charge in [-0.25, -0.2) is 4.98 Å². The average Bonchev–Trinajstić information content (AvgIpc) is 3.27. The Bertz CT molecular complexity index is 1820. The minimum Gasteiger partial charge on any atom is -0.295 e. The second kappa shape index (κ2) is 8.17. The molecule has 3 heteroatoms. The van der Waals surface area contributed by atoms with Gasteiger partial charge in [-0.2, -0.15) is 0 Å². The third-order valence-corrected chi connectivity index (χ3v) is 7.02. The van der Waals surface area contributed by atoms with Crippen LogP contribution in [-0.2, 0) is 0 Å². The van der Waals surface area contributed by atoms with Crippen LogP contribution in [0.3, 0.4) is 0 Å². The van der Waals surface area contributed by atoms with Gasteiger partial charge in [0, 0.05) is 23.2 Å². The minimum absolute atomic E-state index is 0.986. The van der Waals surface area contributed by atoms with E-state index in [1.807, 2.05) is 24.5 Å². The number of aryl methyl sites for hydroxylation is 1. The molecule has 0 aliphatic heterocycles. The summed E-state index contributed by atoms with van der Waals surface area (Å²) < 4.78 is 2.31. The largest absolute Gasteiger partial charge is 0.295 e. The number of nitrogens with zero attached hydrogens (tertiary/aromatic N) is 3. The van der Waals surface area contributed by atoms with Crippen molar-refractivity contribution in [3.05, 3.63) is 127 Å². The fraction of sp³-hybridized carbons (Fsp3) is 0.0303. The topological polar surface area (TPSA) is 30.7 Å². The molecule has 0 saturated carbocycles. The lowest BCUT2D eigenvalue weighted by molar-refractivity contribution is 1.02. The molecule has 5 aromatic carbocycles. The van der Waals surface area contributed by atoms with Gasteiger partial charge in [0.15, 0.2) is 0 Å². The number of para-hydroxylation sites is 2. The molecule has 7 aromatic rings. The highest BCUT2D eigenvalue weighted by Crippen LogP contribution is 2.42. The minimum atomic E-state index is 0.986. The van der Waals surface area contributed by atoms with Crippen LogP contribution in [0.1, 0.15) is 5.82 Å². The Morgan fingerprint density at radius 1 is 0.556 bits per heavy atom. The van der Waals surface area contributed by atoms with E-state index in [0.29, 0.717) is 0 Å². The van der Waals surface area contributed by atoms with E-state index in [2.05, 4.69) is 114 Å². The van der Waals surface area contributed by atoms with E-state index < -0.39 is 0 Å². The molecule has 7 rings (SSSR count). The van der Waals surface area contributed by atoms with Crippen LogP contribution in [0.15, 0.2) is 122 Å². The molecule has 0 fully saturated rings. The molecule has 0 bridgehead atoms. The summed E-state index contributed by atoms with van der Waals surface area (Å²) in [6.07, 6.45) is 3.72. The molecule has 0 aliphatic carbocycles. The summed E-state index contributed by atoms with van der Waals surface area (Å²) in [4.78, 5) is 9.16. The Labute approximate surface area is 209 Å². The fourth-order valence-electron chi connectivity index (χ4n) is 5.45. The highest BCUT2D eigenvalue weighted by atomic mass is 15.1. The lowest BCUT2D eigenvalue weighted by atomic mass is 9.90. The molecule has 2 heterocycles. The summed E-state index contributed by atoms with van der Waals surface area (Å²) in [6, 6.07) is 38.8. The molecule has 0 aliphatic rings. The Balaban J connectivity index is 1.55. The number of fused-ring (bicyclic) bond motifs is 3. The van der Waals surface area contributed by atoms with Gasteiger partial charge in [-0.3, -0.25) is 9.55 Å². The zero-order valence-electron chi connectivity index (χ0n) is 19.9. The van der Waals surface area contributed by atoms with Gasteiger partial charge in [0.2, 0.25) is 0 Å². The predicted molar refractivity (Wildman–Crippen MR) is 149 cm³/mol. The van der Waals surface area contributed by atoms with Crippen molar-refractivity contribution >= 4 is 32.6 Å². The van der Waals surface area contributed by atoms with Gasteiger partial charge in [-0.1, -0.05) is 91.0 Å². The van der Waals surface area contributed by atoms with Crippen molar-refractivity contribution in [2.75, 3.05) is 0 Å². The number of hydrogen-bond donors (Lipinski definition) is 0. The van der Waals surface area contributed by atoms with Crippen LogP contribution in [0.2, 0.25) is 0 Å². The number of imidazole rings is 1. The molecule has 0 atom stereocenters. The second-order valence-electron chi connectivity index (χ2n) is 9.12.